The van der Waals surface area contributed by atoms with Gasteiger partial charge < -0.3 is 10.1 Å². The van der Waals surface area contributed by atoms with E-state index >= 15 is 0 Å². The Hall–Kier alpha value is -1.62. The Morgan fingerprint density at radius 3 is 3.29 bits per heavy atom. The maximum absolute atomic E-state index is 5.54. The zero-order valence-corrected chi connectivity index (χ0v) is 9.89. The summed E-state index contributed by atoms with van der Waals surface area (Å²) in [4.78, 5) is 4.40. The van der Waals surface area contributed by atoms with Crippen molar-refractivity contribution in [1.29, 1.82) is 0 Å². The van der Waals surface area contributed by atoms with Crippen LogP contribution in [0.3, 0.4) is 0 Å². The third kappa shape index (κ3) is 2.24. The maximum atomic E-state index is 5.54. The van der Waals surface area contributed by atoms with E-state index in [4.69, 9.17) is 4.74 Å². The molecule has 0 radical (unpaired) electrons. The molecular weight excluding hydrogens is 216 g/mol. The molecule has 3 heterocycles. The molecule has 90 valence electrons. The topological polar surface area (TPSA) is 51.5 Å². The first kappa shape index (κ1) is 10.5. The minimum Gasteiger partial charge on any atom is -0.376 e. The molecule has 5 nitrogen and oxygen atoms in total. The molecule has 2 aromatic heterocycles. The molecule has 0 aromatic carbocycles. The van der Waals surface area contributed by atoms with E-state index in [-0.39, 0.29) is 0 Å². The highest BCUT2D eigenvalue weighted by Gasteiger charge is 2.15. The predicted molar refractivity (Wildman–Crippen MR) is 65.2 cm³/mol. The average Bonchev–Trinajstić information content (AvgIpc) is 2.94. The predicted octanol–water partition coefficient (Wildman–Crippen LogP) is 1.63. The summed E-state index contributed by atoms with van der Waals surface area (Å²) in [6.45, 7) is 3.71. The van der Waals surface area contributed by atoms with Gasteiger partial charge >= 0.3 is 0 Å². The molecule has 5 heteroatoms. The molecule has 0 saturated carbocycles. The van der Waals surface area contributed by atoms with Crippen molar-refractivity contribution in [2.75, 3.05) is 18.5 Å². The lowest BCUT2D eigenvalue weighted by atomic mass is 10.2. The van der Waals surface area contributed by atoms with E-state index in [1.807, 2.05) is 25.3 Å². The highest BCUT2D eigenvalue weighted by Crippen LogP contribution is 2.13. The van der Waals surface area contributed by atoms with E-state index in [0.717, 1.165) is 31.6 Å². The molecule has 1 aliphatic heterocycles. The van der Waals surface area contributed by atoms with Crippen molar-refractivity contribution in [3.05, 3.63) is 23.9 Å². The third-order valence-corrected chi connectivity index (χ3v) is 2.99. The molecule has 1 aliphatic rings. The van der Waals surface area contributed by atoms with Crippen LogP contribution in [-0.4, -0.2) is 33.9 Å². The summed E-state index contributed by atoms with van der Waals surface area (Å²) < 4.78 is 7.34. The normalized spacial score (nSPS) is 19.9. The van der Waals surface area contributed by atoms with Crippen LogP contribution in [-0.2, 0) is 4.74 Å². The number of hydrogen-bond donors (Lipinski definition) is 1. The van der Waals surface area contributed by atoms with Crippen LogP contribution in [0.15, 0.2) is 18.3 Å². The third-order valence-electron chi connectivity index (χ3n) is 2.99. The molecule has 3 rings (SSSR count). The highest BCUT2D eigenvalue weighted by molar-refractivity contribution is 5.44. The second kappa shape index (κ2) is 4.33. The number of hydrogen-bond acceptors (Lipinski definition) is 4. The van der Waals surface area contributed by atoms with Gasteiger partial charge in [-0.1, -0.05) is 6.07 Å². The van der Waals surface area contributed by atoms with E-state index in [2.05, 4.69) is 15.4 Å². The molecular formula is C12H16N4O. The zero-order valence-electron chi connectivity index (χ0n) is 9.89. The summed E-state index contributed by atoms with van der Waals surface area (Å²) in [7, 11) is 0. The second-order valence-electron chi connectivity index (χ2n) is 4.46. The molecule has 0 bridgehead atoms. The molecule has 17 heavy (non-hydrogen) atoms. The summed E-state index contributed by atoms with van der Waals surface area (Å²) in [6.07, 6.45) is 4.56. The Bertz CT molecular complexity index is 516. The fraction of sp³-hybridized carbons (Fsp3) is 0.500. The van der Waals surface area contributed by atoms with Gasteiger partial charge in [0.15, 0.2) is 5.65 Å². The Balaban J connectivity index is 1.72. The fourth-order valence-corrected chi connectivity index (χ4v) is 2.07. The smallest absolute Gasteiger partial charge is 0.243 e. The summed E-state index contributed by atoms with van der Waals surface area (Å²) in [6, 6.07) is 4.01. The van der Waals surface area contributed by atoms with E-state index in [9.17, 15) is 0 Å². The first-order valence-corrected chi connectivity index (χ1v) is 6.00. The molecule has 1 saturated heterocycles. The lowest BCUT2D eigenvalue weighted by Crippen LogP contribution is -2.18. The Morgan fingerprint density at radius 1 is 1.53 bits per heavy atom. The van der Waals surface area contributed by atoms with Crippen LogP contribution in [0.2, 0.25) is 0 Å². The van der Waals surface area contributed by atoms with Crippen molar-refractivity contribution in [1.82, 2.24) is 14.6 Å². The van der Waals surface area contributed by atoms with Crippen LogP contribution < -0.4 is 5.32 Å². The molecule has 2 aromatic rings. The van der Waals surface area contributed by atoms with Gasteiger partial charge in [-0.2, -0.15) is 4.98 Å². The summed E-state index contributed by atoms with van der Waals surface area (Å²) in [5, 5.41) is 7.60. The number of nitrogens with zero attached hydrogens (tertiary/aromatic N) is 3. The summed E-state index contributed by atoms with van der Waals surface area (Å²) in [5.41, 5.74) is 2.04. The Morgan fingerprint density at radius 2 is 2.47 bits per heavy atom. The number of fused-ring (bicyclic) bond motifs is 1. The number of rotatable bonds is 3. The first-order chi connectivity index (χ1) is 8.31. The zero-order chi connectivity index (χ0) is 11.7. The van der Waals surface area contributed by atoms with Crippen LogP contribution >= 0.6 is 0 Å². The largest absolute Gasteiger partial charge is 0.376 e. The van der Waals surface area contributed by atoms with Gasteiger partial charge in [0.05, 0.1) is 6.10 Å². The number of nitrogens with one attached hydrogen (secondary N) is 1. The van der Waals surface area contributed by atoms with E-state index in [1.165, 1.54) is 5.56 Å². The Kier molecular flexibility index (Phi) is 2.68. The summed E-state index contributed by atoms with van der Waals surface area (Å²) in [5.74, 6) is 0.672. The van der Waals surface area contributed by atoms with Gasteiger partial charge in [0.2, 0.25) is 5.95 Å². The monoisotopic (exact) mass is 232 g/mol. The lowest BCUT2D eigenvalue weighted by Gasteiger charge is -2.08. The molecule has 0 aliphatic carbocycles. The van der Waals surface area contributed by atoms with Crippen LogP contribution in [0.1, 0.15) is 18.4 Å². The van der Waals surface area contributed by atoms with Crippen LogP contribution in [0.25, 0.3) is 5.65 Å². The molecule has 1 fully saturated rings. The van der Waals surface area contributed by atoms with Crippen molar-refractivity contribution in [2.24, 2.45) is 0 Å². The van der Waals surface area contributed by atoms with Gasteiger partial charge in [0.1, 0.15) is 0 Å². The van der Waals surface area contributed by atoms with Crippen molar-refractivity contribution < 1.29 is 4.74 Å². The van der Waals surface area contributed by atoms with Gasteiger partial charge in [-0.3, -0.25) is 0 Å². The van der Waals surface area contributed by atoms with E-state index < -0.39 is 0 Å². The SMILES string of the molecule is Cc1ccc2nc(NCC3CCCO3)nn2c1. The Labute approximate surface area is 99.8 Å². The second-order valence-corrected chi connectivity index (χ2v) is 4.46. The van der Waals surface area contributed by atoms with Gasteiger partial charge in [0, 0.05) is 19.3 Å². The first-order valence-electron chi connectivity index (χ1n) is 6.00. The quantitative estimate of drug-likeness (QED) is 0.873. The maximum Gasteiger partial charge on any atom is 0.243 e. The summed E-state index contributed by atoms with van der Waals surface area (Å²) >= 11 is 0. The molecule has 0 amide bonds. The fourth-order valence-electron chi connectivity index (χ4n) is 2.07. The lowest BCUT2D eigenvalue weighted by molar-refractivity contribution is 0.120. The van der Waals surface area contributed by atoms with Crippen LogP contribution in [0.5, 0.6) is 0 Å². The number of aryl methyl sites for hydroxylation is 1. The number of aromatic nitrogens is 3. The van der Waals surface area contributed by atoms with Crippen LogP contribution in [0, 0.1) is 6.92 Å². The van der Waals surface area contributed by atoms with Gasteiger partial charge in [-0.15, -0.1) is 5.10 Å². The van der Waals surface area contributed by atoms with E-state index in [0.29, 0.717) is 12.1 Å². The molecule has 1 unspecified atom stereocenters. The standard InChI is InChI=1S/C12H16N4O/c1-9-4-5-11-14-12(15-16(11)8-9)13-7-10-3-2-6-17-10/h4-5,8,10H,2-3,6-7H2,1H3,(H,13,15). The minimum atomic E-state index is 0.309. The van der Waals surface area contributed by atoms with E-state index in [1.54, 1.807) is 4.52 Å². The number of ether oxygens (including phenoxy) is 1. The van der Waals surface area contributed by atoms with Crippen molar-refractivity contribution in [3.63, 3.8) is 0 Å². The van der Waals surface area contributed by atoms with Crippen LogP contribution in [0.4, 0.5) is 5.95 Å². The number of pyridine rings is 1. The van der Waals surface area contributed by atoms with Gasteiger partial charge in [-0.05, 0) is 31.4 Å². The van der Waals surface area contributed by atoms with Crippen molar-refractivity contribution in [3.8, 4) is 0 Å². The van der Waals surface area contributed by atoms with Crippen molar-refractivity contribution >= 4 is 11.6 Å². The minimum absolute atomic E-state index is 0.309. The van der Waals surface area contributed by atoms with Crippen molar-refractivity contribution in [2.45, 2.75) is 25.9 Å². The molecule has 0 spiro atoms. The number of anilines is 1. The average molecular weight is 232 g/mol. The molecule has 1 N–H and O–H groups in total. The molecule has 1 atom stereocenters. The highest BCUT2D eigenvalue weighted by atomic mass is 16.5. The van der Waals surface area contributed by atoms with Gasteiger partial charge in [0.25, 0.3) is 0 Å². The van der Waals surface area contributed by atoms with Gasteiger partial charge in [-0.25, -0.2) is 4.52 Å².